The van der Waals surface area contributed by atoms with Crippen molar-refractivity contribution in [1.82, 2.24) is 4.98 Å². The number of methoxy groups -OCH3 is 2. The molecule has 44 heavy (non-hydrogen) atoms. The molecule has 0 fully saturated rings. The van der Waals surface area contributed by atoms with Gasteiger partial charge in [-0.15, -0.1) is 0 Å². The Bertz CT molecular complexity index is 1770. The summed E-state index contributed by atoms with van der Waals surface area (Å²) in [5.41, 5.74) is 3.90. The van der Waals surface area contributed by atoms with E-state index in [0.29, 0.717) is 56.8 Å². The number of carbonyl (C=O) groups is 1. The molecule has 0 aliphatic heterocycles. The topological polar surface area (TPSA) is 93.5 Å². The SMILES string of the molecule is CCC(Sc1nc(-c2ccccc2)cc(-c2cccc(OC)c2OC)c1C#N)C(=O)Nc1ccc(Oc2ccccc2)cc1. The molecule has 220 valence electrons. The van der Waals surface area contributed by atoms with Gasteiger partial charge in [0.25, 0.3) is 0 Å². The smallest absolute Gasteiger partial charge is 0.237 e. The predicted octanol–water partition coefficient (Wildman–Crippen LogP) is 8.61. The standard InChI is InChI=1S/C36H31N3O4S/c1-4-33(35(40)38-25-18-20-27(21-19-25)43-26-14-9-6-10-15-26)44-36-30(23-37)29(22-31(39-36)24-12-7-5-8-13-24)28-16-11-17-32(41-2)34(28)42-3/h5-22,33H,4H2,1-3H3,(H,38,40). The van der Waals surface area contributed by atoms with E-state index < -0.39 is 5.25 Å². The van der Waals surface area contributed by atoms with Crippen LogP contribution in [0.3, 0.4) is 0 Å². The van der Waals surface area contributed by atoms with Crippen molar-refractivity contribution in [3.05, 3.63) is 115 Å². The summed E-state index contributed by atoms with van der Waals surface area (Å²) in [6, 6.07) is 36.2. The number of nitrogens with zero attached hydrogens (tertiary/aromatic N) is 2. The van der Waals surface area contributed by atoms with Crippen molar-refractivity contribution in [2.24, 2.45) is 0 Å². The fraction of sp³-hybridized carbons (Fsp3) is 0.139. The minimum Gasteiger partial charge on any atom is -0.493 e. The lowest BCUT2D eigenvalue weighted by Gasteiger charge is -2.19. The molecule has 1 N–H and O–H groups in total. The molecule has 1 heterocycles. The number of ether oxygens (including phenoxy) is 3. The zero-order valence-electron chi connectivity index (χ0n) is 24.6. The number of hydrogen-bond acceptors (Lipinski definition) is 7. The van der Waals surface area contributed by atoms with Crippen LogP contribution in [0.5, 0.6) is 23.0 Å². The molecule has 1 unspecified atom stereocenters. The van der Waals surface area contributed by atoms with Crippen LogP contribution in [-0.4, -0.2) is 30.4 Å². The molecule has 1 atom stereocenters. The van der Waals surface area contributed by atoms with E-state index in [-0.39, 0.29) is 5.91 Å². The van der Waals surface area contributed by atoms with Crippen molar-refractivity contribution in [1.29, 1.82) is 5.26 Å². The molecule has 7 nitrogen and oxygen atoms in total. The van der Waals surface area contributed by atoms with E-state index in [4.69, 9.17) is 19.2 Å². The Balaban J connectivity index is 1.46. The Hall–Kier alpha value is -5.26. The molecule has 0 saturated heterocycles. The van der Waals surface area contributed by atoms with E-state index in [1.54, 1.807) is 32.4 Å². The van der Waals surface area contributed by atoms with Gasteiger partial charge in [-0.05, 0) is 55.0 Å². The minimum atomic E-state index is -0.513. The molecule has 4 aromatic carbocycles. The van der Waals surface area contributed by atoms with E-state index in [0.717, 1.165) is 11.3 Å². The van der Waals surface area contributed by atoms with Crippen LogP contribution in [0.1, 0.15) is 18.9 Å². The van der Waals surface area contributed by atoms with Crippen LogP contribution in [-0.2, 0) is 4.79 Å². The summed E-state index contributed by atoms with van der Waals surface area (Å²) in [5, 5.41) is 13.4. The molecule has 5 rings (SSSR count). The normalized spacial score (nSPS) is 11.2. The Labute approximate surface area is 261 Å². The van der Waals surface area contributed by atoms with Gasteiger partial charge < -0.3 is 19.5 Å². The molecule has 0 bridgehead atoms. The Morgan fingerprint density at radius 1 is 0.864 bits per heavy atom. The lowest BCUT2D eigenvalue weighted by atomic mass is 9.98. The molecule has 0 aliphatic carbocycles. The minimum absolute atomic E-state index is 0.189. The fourth-order valence-corrected chi connectivity index (χ4v) is 5.72. The van der Waals surface area contributed by atoms with Crippen LogP contribution in [0, 0.1) is 11.3 Å². The largest absolute Gasteiger partial charge is 0.493 e. The Morgan fingerprint density at radius 3 is 2.18 bits per heavy atom. The zero-order valence-corrected chi connectivity index (χ0v) is 25.4. The highest BCUT2D eigenvalue weighted by molar-refractivity contribution is 8.00. The number of rotatable bonds is 11. The van der Waals surface area contributed by atoms with Crippen LogP contribution in [0.15, 0.2) is 114 Å². The summed E-state index contributed by atoms with van der Waals surface area (Å²) in [7, 11) is 3.14. The molecular formula is C36H31N3O4S. The van der Waals surface area contributed by atoms with E-state index in [9.17, 15) is 10.1 Å². The number of pyridine rings is 1. The van der Waals surface area contributed by atoms with Crippen molar-refractivity contribution < 1.29 is 19.0 Å². The predicted molar refractivity (Wildman–Crippen MR) is 174 cm³/mol. The highest BCUT2D eigenvalue weighted by atomic mass is 32.2. The van der Waals surface area contributed by atoms with E-state index >= 15 is 0 Å². The van der Waals surface area contributed by atoms with Crippen molar-refractivity contribution in [2.45, 2.75) is 23.6 Å². The van der Waals surface area contributed by atoms with Crippen LogP contribution in [0.4, 0.5) is 5.69 Å². The summed E-state index contributed by atoms with van der Waals surface area (Å²) in [6.45, 7) is 1.94. The van der Waals surface area contributed by atoms with Crippen LogP contribution in [0.25, 0.3) is 22.4 Å². The molecule has 5 aromatic rings. The number of nitrogens with one attached hydrogen (secondary N) is 1. The van der Waals surface area contributed by atoms with E-state index in [1.807, 2.05) is 97.9 Å². The second kappa shape index (κ2) is 14.3. The first kappa shape index (κ1) is 30.2. The number of aromatic nitrogens is 1. The third-order valence-electron chi connectivity index (χ3n) is 6.88. The number of benzene rings is 4. The summed E-state index contributed by atoms with van der Waals surface area (Å²) in [6.07, 6.45) is 0.519. The number of hydrogen-bond donors (Lipinski definition) is 1. The number of carbonyl (C=O) groups excluding carboxylic acids is 1. The summed E-state index contributed by atoms with van der Waals surface area (Å²) < 4.78 is 17.1. The van der Waals surface area contributed by atoms with Gasteiger partial charge >= 0.3 is 0 Å². The van der Waals surface area contributed by atoms with Gasteiger partial charge in [-0.2, -0.15) is 5.26 Å². The van der Waals surface area contributed by atoms with Crippen LogP contribution >= 0.6 is 11.8 Å². The van der Waals surface area contributed by atoms with Gasteiger partial charge in [0.2, 0.25) is 5.91 Å². The summed E-state index contributed by atoms with van der Waals surface area (Å²) >= 11 is 1.27. The lowest BCUT2D eigenvalue weighted by molar-refractivity contribution is -0.115. The molecular weight excluding hydrogens is 570 g/mol. The number of thioether (sulfide) groups is 1. The third-order valence-corrected chi connectivity index (χ3v) is 8.23. The van der Waals surface area contributed by atoms with Crippen molar-refractivity contribution in [3.63, 3.8) is 0 Å². The maximum Gasteiger partial charge on any atom is 0.237 e. The molecule has 8 heteroatoms. The van der Waals surface area contributed by atoms with Crippen LogP contribution in [0.2, 0.25) is 0 Å². The van der Waals surface area contributed by atoms with Gasteiger partial charge in [0.05, 0.1) is 30.7 Å². The highest BCUT2D eigenvalue weighted by Gasteiger charge is 2.25. The first-order chi connectivity index (χ1) is 21.5. The van der Waals surface area contributed by atoms with Gasteiger partial charge in [-0.1, -0.05) is 79.3 Å². The van der Waals surface area contributed by atoms with E-state index in [2.05, 4.69) is 11.4 Å². The fourth-order valence-electron chi connectivity index (χ4n) is 4.69. The van der Waals surface area contributed by atoms with Crippen molar-refractivity contribution >= 4 is 23.4 Å². The molecule has 0 saturated carbocycles. The first-order valence-corrected chi connectivity index (χ1v) is 14.9. The molecule has 1 amide bonds. The lowest BCUT2D eigenvalue weighted by Crippen LogP contribution is -2.24. The number of para-hydroxylation sites is 2. The van der Waals surface area contributed by atoms with E-state index in [1.165, 1.54) is 11.8 Å². The quantitative estimate of drug-likeness (QED) is 0.152. The van der Waals surface area contributed by atoms with Crippen LogP contribution < -0.4 is 19.5 Å². The van der Waals surface area contributed by atoms with Gasteiger partial charge in [-0.25, -0.2) is 4.98 Å². The van der Waals surface area contributed by atoms with Gasteiger partial charge in [0, 0.05) is 22.4 Å². The number of nitriles is 1. The zero-order chi connectivity index (χ0) is 30.9. The monoisotopic (exact) mass is 601 g/mol. The van der Waals surface area contributed by atoms with Gasteiger partial charge in [-0.3, -0.25) is 4.79 Å². The Morgan fingerprint density at radius 2 is 1.55 bits per heavy atom. The number of amides is 1. The third kappa shape index (κ3) is 6.86. The molecule has 0 radical (unpaired) electrons. The second-order valence-corrected chi connectivity index (χ2v) is 10.9. The summed E-state index contributed by atoms with van der Waals surface area (Å²) in [5.74, 6) is 2.27. The average molecular weight is 602 g/mol. The Kier molecular flexibility index (Phi) is 9.80. The van der Waals surface area contributed by atoms with Crippen molar-refractivity contribution in [2.75, 3.05) is 19.5 Å². The maximum absolute atomic E-state index is 13.5. The maximum atomic E-state index is 13.5. The molecule has 1 aromatic heterocycles. The first-order valence-electron chi connectivity index (χ1n) is 14.1. The van der Waals surface area contributed by atoms with Gasteiger partial charge in [0.1, 0.15) is 22.6 Å². The molecule has 0 aliphatic rings. The second-order valence-electron chi connectivity index (χ2n) is 9.70. The number of anilines is 1. The summed E-state index contributed by atoms with van der Waals surface area (Å²) in [4.78, 5) is 18.4. The van der Waals surface area contributed by atoms with Crippen molar-refractivity contribution in [3.8, 4) is 51.5 Å². The average Bonchev–Trinajstić information content (AvgIpc) is 3.08. The highest BCUT2D eigenvalue weighted by Crippen LogP contribution is 2.43. The van der Waals surface area contributed by atoms with Gasteiger partial charge in [0.15, 0.2) is 11.5 Å². The molecule has 0 spiro atoms.